The van der Waals surface area contributed by atoms with Crippen molar-refractivity contribution in [2.75, 3.05) is 26.0 Å². The molecule has 0 atom stereocenters. The lowest BCUT2D eigenvalue weighted by Crippen LogP contribution is -2.41. The first-order valence-electron chi connectivity index (χ1n) is 6.76. The summed E-state index contributed by atoms with van der Waals surface area (Å²) >= 11 is 0. The fraction of sp³-hybridized carbons (Fsp3) is 0.923. The molecule has 114 valence electrons. The van der Waals surface area contributed by atoms with Crippen molar-refractivity contribution in [3.05, 3.63) is 0 Å². The van der Waals surface area contributed by atoms with Gasteiger partial charge in [0.25, 0.3) is 0 Å². The molecule has 19 heavy (non-hydrogen) atoms. The van der Waals surface area contributed by atoms with Gasteiger partial charge in [0.2, 0.25) is 0 Å². The van der Waals surface area contributed by atoms with Crippen LogP contribution in [0.1, 0.15) is 46.5 Å². The van der Waals surface area contributed by atoms with Gasteiger partial charge in [-0.05, 0) is 40.2 Å². The Kier molecular flexibility index (Phi) is 8.25. The average molecular weight is 293 g/mol. The van der Waals surface area contributed by atoms with Crippen LogP contribution in [0.4, 0.5) is 0 Å². The van der Waals surface area contributed by atoms with Crippen molar-refractivity contribution >= 4 is 15.8 Å². The molecular weight excluding hydrogens is 266 g/mol. The maximum Gasteiger partial charge on any atom is 0.305 e. The first-order chi connectivity index (χ1) is 8.70. The minimum absolute atomic E-state index is 0.145. The van der Waals surface area contributed by atoms with Gasteiger partial charge in [-0.15, -0.1) is 0 Å². The molecule has 0 unspecified atom stereocenters. The van der Waals surface area contributed by atoms with Gasteiger partial charge in [-0.1, -0.05) is 6.42 Å². The Balaban J connectivity index is 3.59. The molecule has 0 rings (SSSR count). The maximum atomic E-state index is 11.5. The van der Waals surface area contributed by atoms with E-state index in [4.69, 9.17) is 4.74 Å². The van der Waals surface area contributed by atoms with Gasteiger partial charge in [-0.25, -0.2) is 8.42 Å². The van der Waals surface area contributed by atoms with Crippen LogP contribution < -0.4 is 5.32 Å². The first kappa shape index (κ1) is 18.4. The number of unbranched alkanes of at least 4 members (excludes halogenated alkanes) is 2. The standard InChI is InChI=1S/C13H27NO4S/c1-5-18-12(15)9-7-6-8-10-14-11-13(2,3)19(4,16)17/h14H,5-11H2,1-4H3. The Bertz CT molecular complexity index is 363. The highest BCUT2D eigenvalue weighted by Crippen LogP contribution is 2.13. The Morgan fingerprint density at radius 1 is 1.21 bits per heavy atom. The van der Waals surface area contributed by atoms with Crippen LogP contribution >= 0.6 is 0 Å². The summed E-state index contributed by atoms with van der Waals surface area (Å²) in [5, 5.41) is 3.15. The van der Waals surface area contributed by atoms with Crippen LogP contribution in [0.5, 0.6) is 0 Å². The molecule has 6 heteroatoms. The minimum Gasteiger partial charge on any atom is -0.466 e. The summed E-state index contributed by atoms with van der Waals surface area (Å²) in [6, 6.07) is 0. The van der Waals surface area contributed by atoms with E-state index in [2.05, 4.69) is 5.32 Å². The van der Waals surface area contributed by atoms with E-state index in [0.717, 1.165) is 25.8 Å². The van der Waals surface area contributed by atoms with Gasteiger partial charge < -0.3 is 10.1 Å². The largest absolute Gasteiger partial charge is 0.466 e. The summed E-state index contributed by atoms with van der Waals surface area (Å²) < 4.78 is 27.0. The molecule has 0 heterocycles. The van der Waals surface area contributed by atoms with Crippen molar-refractivity contribution in [2.24, 2.45) is 0 Å². The highest BCUT2D eigenvalue weighted by molar-refractivity contribution is 7.92. The van der Waals surface area contributed by atoms with Crippen LogP contribution in [0.15, 0.2) is 0 Å². The van der Waals surface area contributed by atoms with E-state index < -0.39 is 14.6 Å². The summed E-state index contributed by atoms with van der Waals surface area (Å²) in [5.41, 5.74) is 0. The molecule has 0 fully saturated rings. The molecule has 1 N–H and O–H groups in total. The molecule has 0 bridgehead atoms. The Morgan fingerprint density at radius 3 is 2.37 bits per heavy atom. The molecule has 0 saturated heterocycles. The van der Waals surface area contributed by atoms with Gasteiger partial charge in [-0.2, -0.15) is 0 Å². The summed E-state index contributed by atoms with van der Waals surface area (Å²) in [5.74, 6) is -0.145. The van der Waals surface area contributed by atoms with Crippen LogP contribution in [0.25, 0.3) is 0 Å². The number of ether oxygens (including phenoxy) is 1. The van der Waals surface area contributed by atoms with Crippen molar-refractivity contribution in [3.8, 4) is 0 Å². The molecule has 0 aromatic heterocycles. The lowest BCUT2D eigenvalue weighted by atomic mass is 10.2. The SMILES string of the molecule is CCOC(=O)CCCCCNCC(C)(C)S(C)(=O)=O. The second kappa shape index (κ2) is 8.53. The zero-order valence-corrected chi connectivity index (χ0v) is 13.3. The summed E-state index contributed by atoms with van der Waals surface area (Å²) in [7, 11) is -3.04. The number of carbonyl (C=O) groups is 1. The molecule has 0 aromatic carbocycles. The third-order valence-corrected chi connectivity index (χ3v) is 5.25. The van der Waals surface area contributed by atoms with Gasteiger partial charge in [0, 0.05) is 19.2 Å². The van der Waals surface area contributed by atoms with Gasteiger partial charge in [0.1, 0.15) is 0 Å². The molecule has 0 saturated carbocycles. The predicted molar refractivity (Wildman–Crippen MR) is 76.9 cm³/mol. The molecular formula is C13H27NO4S. The number of rotatable bonds is 10. The number of nitrogens with one attached hydrogen (secondary N) is 1. The van der Waals surface area contributed by atoms with Crippen LogP contribution in [0.2, 0.25) is 0 Å². The normalized spacial score (nSPS) is 12.4. The van der Waals surface area contributed by atoms with Crippen LogP contribution in [-0.2, 0) is 19.4 Å². The molecule has 5 nitrogen and oxygen atoms in total. The first-order valence-corrected chi connectivity index (χ1v) is 8.66. The molecule has 0 aliphatic rings. The molecule has 0 amide bonds. The highest BCUT2D eigenvalue weighted by atomic mass is 32.2. The quantitative estimate of drug-likeness (QED) is 0.488. The fourth-order valence-electron chi connectivity index (χ4n) is 1.45. The van der Waals surface area contributed by atoms with Crippen molar-refractivity contribution in [1.29, 1.82) is 0 Å². The average Bonchev–Trinajstić information content (AvgIpc) is 2.26. The van der Waals surface area contributed by atoms with E-state index in [1.54, 1.807) is 20.8 Å². The number of hydrogen-bond acceptors (Lipinski definition) is 5. The van der Waals surface area contributed by atoms with Gasteiger partial charge in [-0.3, -0.25) is 4.79 Å². The molecule has 0 spiro atoms. The highest BCUT2D eigenvalue weighted by Gasteiger charge is 2.29. The molecule has 0 aromatic rings. The zero-order valence-electron chi connectivity index (χ0n) is 12.5. The topological polar surface area (TPSA) is 72.5 Å². The lowest BCUT2D eigenvalue weighted by molar-refractivity contribution is -0.143. The van der Waals surface area contributed by atoms with E-state index >= 15 is 0 Å². The van der Waals surface area contributed by atoms with E-state index in [1.807, 2.05) is 0 Å². The number of esters is 1. The fourth-order valence-corrected chi connectivity index (χ4v) is 1.81. The van der Waals surface area contributed by atoms with Crippen molar-refractivity contribution in [2.45, 2.75) is 51.2 Å². The molecule has 0 radical (unpaired) electrons. The Labute approximate surface area is 117 Å². The smallest absolute Gasteiger partial charge is 0.305 e. The third kappa shape index (κ3) is 8.21. The number of hydrogen-bond donors (Lipinski definition) is 1. The van der Waals surface area contributed by atoms with Gasteiger partial charge >= 0.3 is 5.97 Å². The predicted octanol–water partition coefficient (Wildman–Crippen LogP) is 1.52. The molecule has 0 aliphatic carbocycles. The second-order valence-electron chi connectivity index (χ2n) is 5.32. The number of sulfone groups is 1. The van der Waals surface area contributed by atoms with Crippen molar-refractivity contribution < 1.29 is 17.9 Å². The summed E-state index contributed by atoms with van der Waals surface area (Å²) in [4.78, 5) is 11.1. The Morgan fingerprint density at radius 2 is 1.84 bits per heavy atom. The van der Waals surface area contributed by atoms with E-state index in [1.165, 1.54) is 6.26 Å². The second-order valence-corrected chi connectivity index (χ2v) is 7.97. The van der Waals surface area contributed by atoms with Gasteiger partial charge in [0.15, 0.2) is 9.84 Å². The molecule has 0 aliphatic heterocycles. The zero-order chi connectivity index (χ0) is 14.9. The maximum absolute atomic E-state index is 11.5. The van der Waals surface area contributed by atoms with Crippen molar-refractivity contribution in [3.63, 3.8) is 0 Å². The van der Waals surface area contributed by atoms with Crippen molar-refractivity contribution in [1.82, 2.24) is 5.32 Å². The van der Waals surface area contributed by atoms with Gasteiger partial charge in [0.05, 0.1) is 11.4 Å². The van der Waals surface area contributed by atoms with E-state index in [0.29, 0.717) is 19.6 Å². The number of carbonyl (C=O) groups excluding carboxylic acids is 1. The van der Waals surface area contributed by atoms with Crippen LogP contribution in [0.3, 0.4) is 0 Å². The summed E-state index contributed by atoms with van der Waals surface area (Å²) in [6.07, 6.45) is 4.40. The van der Waals surface area contributed by atoms with Crippen LogP contribution in [0, 0.1) is 0 Å². The minimum atomic E-state index is -3.04. The summed E-state index contributed by atoms with van der Waals surface area (Å²) in [6.45, 7) is 6.88. The lowest BCUT2D eigenvalue weighted by Gasteiger charge is -2.22. The van der Waals surface area contributed by atoms with E-state index in [-0.39, 0.29) is 5.97 Å². The van der Waals surface area contributed by atoms with E-state index in [9.17, 15) is 13.2 Å². The third-order valence-electron chi connectivity index (χ3n) is 3.09. The van der Waals surface area contributed by atoms with Crippen LogP contribution in [-0.4, -0.2) is 45.1 Å². The Hall–Kier alpha value is -0.620. The monoisotopic (exact) mass is 293 g/mol.